The lowest BCUT2D eigenvalue weighted by atomic mass is 9.93. The average Bonchev–Trinajstić information content (AvgIpc) is 2.97. The second kappa shape index (κ2) is 12.1. The number of benzene rings is 1. The molecule has 1 saturated heterocycles. The van der Waals surface area contributed by atoms with Crippen LogP contribution >= 0.6 is 11.6 Å². The predicted molar refractivity (Wildman–Crippen MR) is 162 cm³/mol. The highest BCUT2D eigenvalue weighted by atomic mass is 35.5. The van der Waals surface area contributed by atoms with Gasteiger partial charge in [0.2, 0.25) is 11.9 Å². The molecule has 12 heteroatoms. The van der Waals surface area contributed by atoms with Crippen molar-refractivity contribution in [3.8, 4) is 0 Å². The van der Waals surface area contributed by atoms with Gasteiger partial charge >= 0.3 is 0 Å². The average molecular weight is 576 g/mol. The molecule has 0 aliphatic carbocycles. The maximum atomic E-state index is 12.7. The predicted octanol–water partition coefficient (Wildman–Crippen LogP) is 4.38. The van der Waals surface area contributed by atoms with Crippen molar-refractivity contribution in [2.24, 2.45) is 13.0 Å². The molecule has 3 aromatic heterocycles. The molecule has 5 rings (SSSR count). The highest BCUT2D eigenvalue weighted by Gasteiger charge is 2.24. The van der Waals surface area contributed by atoms with Gasteiger partial charge in [-0.05, 0) is 49.9 Å². The van der Waals surface area contributed by atoms with Crippen molar-refractivity contribution in [2.45, 2.75) is 32.2 Å². The molecule has 2 N–H and O–H groups in total. The van der Waals surface area contributed by atoms with E-state index in [1.165, 1.54) is 0 Å². The Bertz CT molecular complexity index is 1600. The zero-order valence-corrected chi connectivity index (χ0v) is 24.4. The van der Waals surface area contributed by atoms with Crippen molar-refractivity contribution in [3.05, 3.63) is 70.1 Å². The topological polar surface area (TPSA) is 121 Å². The van der Waals surface area contributed by atoms with E-state index < -0.39 is 0 Å². The highest BCUT2D eigenvalue weighted by Crippen LogP contribution is 2.31. The van der Waals surface area contributed by atoms with E-state index >= 15 is 0 Å². The Morgan fingerprint density at radius 3 is 2.59 bits per heavy atom. The maximum absolute atomic E-state index is 12.7. The number of piperidine rings is 1. The second-order valence-electron chi connectivity index (χ2n) is 10.6. The van der Waals surface area contributed by atoms with Gasteiger partial charge in [-0.1, -0.05) is 11.6 Å². The van der Waals surface area contributed by atoms with Gasteiger partial charge in [0.05, 0.1) is 17.8 Å². The fourth-order valence-electron chi connectivity index (χ4n) is 4.99. The second-order valence-corrected chi connectivity index (χ2v) is 11.0. The van der Waals surface area contributed by atoms with Crippen LogP contribution < -0.4 is 21.1 Å². The molecule has 1 aliphatic rings. The molecule has 4 heterocycles. The lowest BCUT2D eigenvalue weighted by Gasteiger charge is -2.32. The van der Waals surface area contributed by atoms with Gasteiger partial charge in [-0.2, -0.15) is 4.98 Å². The third kappa shape index (κ3) is 6.40. The number of pyridine rings is 1. The van der Waals surface area contributed by atoms with Crippen molar-refractivity contribution < 1.29 is 4.79 Å². The molecule has 0 radical (unpaired) electrons. The molecule has 4 aromatic rings. The molecule has 41 heavy (non-hydrogen) atoms. The number of amides is 1. The van der Waals surface area contributed by atoms with E-state index in [1.54, 1.807) is 61.3 Å². The molecule has 0 saturated carbocycles. The number of aryl methyl sites for hydroxylation is 1. The normalized spacial score (nSPS) is 14.6. The molecule has 0 bridgehead atoms. The molecule has 1 atom stereocenters. The number of rotatable bonds is 8. The lowest BCUT2D eigenvalue weighted by Crippen LogP contribution is -2.36. The summed E-state index contributed by atoms with van der Waals surface area (Å²) in [6.45, 7) is 3.50. The first-order valence-corrected chi connectivity index (χ1v) is 14.0. The lowest BCUT2D eigenvalue weighted by molar-refractivity contribution is -0.129. The summed E-state index contributed by atoms with van der Waals surface area (Å²) >= 11 is 6.51. The Balaban J connectivity index is 1.37. The number of carbonyl (C=O) groups excluding carboxylic acids is 1. The molecule has 214 valence electrons. The summed E-state index contributed by atoms with van der Waals surface area (Å²) in [4.78, 5) is 46.5. The van der Waals surface area contributed by atoms with E-state index in [2.05, 4.69) is 30.5 Å². The molecule has 11 nitrogen and oxygen atoms in total. The van der Waals surface area contributed by atoms with E-state index in [9.17, 15) is 9.59 Å². The van der Waals surface area contributed by atoms with E-state index in [-0.39, 0.29) is 17.5 Å². The van der Waals surface area contributed by atoms with Crippen LogP contribution in [0.3, 0.4) is 0 Å². The first-order chi connectivity index (χ1) is 19.7. The molecular formula is C29H34ClN9O2. The van der Waals surface area contributed by atoms with E-state index in [4.69, 9.17) is 16.6 Å². The minimum atomic E-state index is -0.216. The van der Waals surface area contributed by atoms with Crippen LogP contribution in [-0.4, -0.2) is 62.5 Å². The third-order valence-corrected chi connectivity index (χ3v) is 7.72. The van der Waals surface area contributed by atoms with E-state index in [0.717, 1.165) is 42.5 Å². The fourth-order valence-corrected chi connectivity index (χ4v) is 5.13. The van der Waals surface area contributed by atoms with Crippen LogP contribution in [0.25, 0.3) is 10.9 Å². The summed E-state index contributed by atoms with van der Waals surface area (Å²) in [6.07, 6.45) is 7.36. The molecule has 1 amide bonds. The monoisotopic (exact) mass is 575 g/mol. The summed E-state index contributed by atoms with van der Waals surface area (Å²) in [6, 6.07) is 8.87. The van der Waals surface area contributed by atoms with Gasteiger partial charge < -0.3 is 25.0 Å². The van der Waals surface area contributed by atoms with Crippen molar-refractivity contribution in [3.63, 3.8) is 0 Å². The van der Waals surface area contributed by atoms with Crippen LogP contribution in [0.2, 0.25) is 5.02 Å². The number of aromatic nitrogens is 5. The quantitative estimate of drug-likeness (QED) is 0.315. The van der Waals surface area contributed by atoms with Gasteiger partial charge in [-0.15, -0.1) is 0 Å². The van der Waals surface area contributed by atoms with Crippen LogP contribution in [0.5, 0.6) is 0 Å². The van der Waals surface area contributed by atoms with Gasteiger partial charge in [0.1, 0.15) is 10.8 Å². The zero-order valence-electron chi connectivity index (χ0n) is 23.6. The van der Waals surface area contributed by atoms with Gasteiger partial charge in [0, 0.05) is 75.9 Å². The number of nitrogens with zero attached hydrogens (tertiary/aromatic N) is 7. The van der Waals surface area contributed by atoms with Crippen LogP contribution in [0.4, 0.5) is 23.1 Å². The Morgan fingerprint density at radius 2 is 1.88 bits per heavy atom. The Morgan fingerprint density at radius 1 is 1.15 bits per heavy atom. The molecule has 0 unspecified atom stereocenters. The fraction of sp³-hybridized carbons (Fsp3) is 0.379. The number of halogens is 1. The molecule has 1 fully saturated rings. The smallest absolute Gasteiger partial charge is 0.252 e. The van der Waals surface area contributed by atoms with Gasteiger partial charge in [-0.3, -0.25) is 9.59 Å². The summed E-state index contributed by atoms with van der Waals surface area (Å²) in [7, 11) is 5.34. The van der Waals surface area contributed by atoms with Gasteiger partial charge in [-0.25, -0.2) is 15.0 Å². The first-order valence-electron chi connectivity index (χ1n) is 13.6. The summed E-state index contributed by atoms with van der Waals surface area (Å²) in [5.74, 6) is 2.24. The van der Waals surface area contributed by atoms with Crippen molar-refractivity contribution in [2.75, 3.05) is 42.7 Å². The molecule has 0 spiro atoms. The Labute approximate surface area is 243 Å². The van der Waals surface area contributed by atoms with Gasteiger partial charge in [0.15, 0.2) is 5.82 Å². The highest BCUT2D eigenvalue weighted by molar-refractivity contribution is 6.32. The summed E-state index contributed by atoms with van der Waals surface area (Å²) in [5.41, 5.74) is 2.09. The first kappa shape index (κ1) is 28.3. The Hall–Kier alpha value is -4.25. The summed E-state index contributed by atoms with van der Waals surface area (Å²) in [5, 5.41) is 7.98. The maximum Gasteiger partial charge on any atom is 0.252 e. The number of nitrogens with one attached hydrogen (secondary N) is 2. The number of fused-ring (bicyclic) bond motifs is 1. The largest absolute Gasteiger partial charge is 0.375 e. The van der Waals surface area contributed by atoms with E-state index in [0.29, 0.717) is 40.6 Å². The van der Waals surface area contributed by atoms with Crippen molar-refractivity contribution >= 4 is 51.6 Å². The van der Waals surface area contributed by atoms with E-state index in [1.807, 2.05) is 25.1 Å². The van der Waals surface area contributed by atoms with Crippen LogP contribution in [0.15, 0.2) is 53.7 Å². The molecule has 1 aliphatic heterocycles. The number of hydrogen-bond acceptors (Lipinski definition) is 9. The minimum Gasteiger partial charge on any atom is -0.375 e. The van der Waals surface area contributed by atoms with Crippen molar-refractivity contribution in [1.82, 2.24) is 29.4 Å². The van der Waals surface area contributed by atoms with Crippen LogP contribution in [-0.2, 0) is 11.8 Å². The number of carbonyl (C=O) groups is 1. The van der Waals surface area contributed by atoms with Crippen molar-refractivity contribution in [1.29, 1.82) is 0 Å². The standard InChI is InChI=1S/C29H34ClN9O2/c1-18(27-31-10-5-11-32-27)34-23-16-26(41)38(4)24-7-6-20(15-21(23)24)35-28-22(30)17-33-29(36-28)39-12-8-19(9-13-39)14-25(40)37(2)3/h5-7,10-11,15-19,34H,8-9,12-14H2,1-4H3,(H,33,35,36)/t18-/m0/s1. The van der Waals surface area contributed by atoms with Crippen LogP contribution in [0, 0.1) is 5.92 Å². The third-order valence-electron chi connectivity index (χ3n) is 7.45. The number of anilines is 4. The minimum absolute atomic E-state index is 0.125. The van der Waals surface area contributed by atoms with Crippen LogP contribution in [0.1, 0.15) is 38.1 Å². The molecular weight excluding hydrogens is 542 g/mol. The summed E-state index contributed by atoms with van der Waals surface area (Å²) < 4.78 is 1.61. The SMILES string of the molecule is C[C@H](Nc1cc(=O)n(C)c2ccc(Nc3nc(N4CCC(CC(=O)N(C)C)CC4)ncc3Cl)cc12)c1ncccn1. The zero-order chi connectivity index (χ0) is 29.1. The number of hydrogen-bond donors (Lipinski definition) is 2. The molecule has 1 aromatic carbocycles. The van der Waals surface area contributed by atoms with Gasteiger partial charge in [0.25, 0.3) is 5.56 Å². The Kier molecular flexibility index (Phi) is 8.34.